The van der Waals surface area contributed by atoms with Gasteiger partial charge < -0.3 is 0 Å². The normalized spacial score (nSPS) is 10.7. The summed E-state index contributed by atoms with van der Waals surface area (Å²) in [5.41, 5.74) is 2.00. The van der Waals surface area contributed by atoms with Crippen LogP contribution in [0.15, 0.2) is 82.7 Å². The third-order valence-corrected chi connectivity index (χ3v) is 5.30. The Bertz CT molecular complexity index is 1260. The molecule has 1 aromatic heterocycles. The number of nitrogens with zero attached hydrogens (tertiary/aromatic N) is 3. The summed E-state index contributed by atoms with van der Waals surface area (Å²) < 4.78 is 15.8. The molecule has 28 heavy (non-hydrogen) atoms. The van der Waals surface area contributed by atoms with Crippen LogP contribution in [0.5, 0.6) is 0 Å². The van der Waals surface area contributed by atoms with Gasteiger partial charge in [-0.1, -0.05) is 48.2 Å². The number of thioether (sulfide) groups is 1. The fourth-order valence-corrected chi connectivity index (χ4v) is 3.84. The molecule has 3 aromatic carbocycles. The summed E-state index contributed by atoms with van der Waals surface area (Å²) in [6, 6.07) is 22.5. The number of fused-ring (bicyclic) bond motifs is 1. The molecule has 6 heteroatoms. The molecule has 0 spiro atoms. The van der Waals surface area contributed by atoms with Crippen molar-refractivity contribution in [3.8, 4) is 11.8 Å². The highest BCUT2D eigenvalue weighted by atomic mass is 32.2. The Morgan fingerprint density at radius 3 is 2.46 bits per heavy atom. The van der Waals surface area contributed by atoms with Gasteiger partial charge in [-0.2, -0.15) is 5.26 Å². The second-order valence-electron chi connectivity index (χ2n) is 6.10. The molecule has 4 rings (SSSR count). The van der Waals surface area contributed by atoms with Gasteiger partial charge in [-0.25, -0.2) is 9.37 Å². The summed E-state index contributed by atoms with van der Waals surface area (Å²) in [5.74, 6) is 0.0483. The maximum Gasteiger partial charge on any atom is 0.266 e. The molecule has 0 saturated carbocycles. The van der Waals surface area contributed by atoms with Crippen molar-refractivity contribution in [1.29, 1.82) is 5.26 Å². The van der Waals surface area contributed by atoms with Crippen LogP contribution in [0.3, 0.4) is 0 Å². The van der Waals surface area contributed by atoms with E-state index >= 15 is 0 Å². The maximum atomic E-state index is 14.5. The van der Waals surface area contributed by atoms with E-state index in [4.69, 9.17) is 5.26 Å². The summed E-state index contributed by atoms with van der Waals surface area (Å²) in [5, 5.41) is 9.77. The lowest BCUT2D eigenvalue weighted by Crippen LogP contribution is -2.22. The fourth-order valence-electron chi connectivity index (χ4n) is 2.88. The van der Waals surface area contributed by atoms with Gasteiger partial charge in [0.15, 0.2) is 5.16 Å². The lowest BCUT2D eigenvalue weighted by Gasteiger charge is -2.14. The monoisotopic (exact) mass is 387 g/mol. The first kappa shape index (κ1) is 18.0. The van der Waals surface area contributed by atoms with Gasteiger partial charge in [0.05, 0.1) is 28.2 Å². The molecule has 0 amide bonds. The highest BCUT2D eigenvalue weighted by Crippen LogP contribution is 2.25. The number of hydrogen-bond donors (Lipinski definition) is 0. The molecule has 0 atom stereocenters. The largest absolute Gasteiger partial charge is 0.268 e. The standard InChI is InChI=1S/C22H14FN3OS/c23-18-6-2-4-8-20(18)26-21(27)17-5-1-3-7-19(17)25-22(26)28-14-16-11-9-15(13-24)10-12-16/h1-12H,14H2. The average Bonchev–Trinajstić information content (AvgIpc) is 2.73. The number of benzene rings is 3. The summed E-state index contributed by atoms with van der Waals surface area (Å²) >= 11 is 1.35. The highest BCUT2D eigenvalue weighted by Gasteiger charge is 2.15. The van der Waals surface area contributed by atoms with E-state index in [0.29, 0.717) is 27.4 Å². The average molecular weight is 387 g/mol. The Kier molecular flexibility index (Phi) is 4.92. The summed E-state index contributed by atoms with van der Waals surface area (Å²) in [6.07, 6.45) is 0. The van der Waals surface area contributed by atoms with E-state index in [1.807, 2.05) is 18.2 Å². The molecule has 0 aliphatic heterocycles. The third kappa shape index (κ3) is 3.40. The zero-order chi connectivity index (χ0) is 19.5. The van der Waals surface area contributed by atoms with Gasteiger partial charge in [-0.15, -0.1) is 0 Å². The van der Waals surface area contributed by atoms with Crippen molar-refractivity contribution < 1.29 is 4.39 Å². The first-order chi connectivity index (χ1) is 13.7. The highest BCUT2D eigenvalue weighted by molar-refractivity contribution is 7.98. The van der Waals surface area contributed by atoms with E-state index in [2.05, 4.69) is 11.1 Å². The number of aromatic nitrogens is 2. The Morgan fingerprint density at radius 2 is 1.71 bits per heavy atom. The van der Waals surface area contributed by atoms with Crippen molar-refractivity contribution in [2.75, 3.05) is 0 Å². The van der Waals surface area contributed by atoms with Crippen LogP contribution in [-0.4, -0.2) is 9.55 Å². The topological polar surface area (TPSA) is 58.7 Å². The van der Waals surface area contributed by atoms with Gasteiger partial charge in [0.1, 0.15) is 5.82 Å². The number of rotatable bonds is 4. The predicted molar refractivity (Wildman–Crippen MR) is 108 cm³/mol. The second-order valence-corrected chi connectivity index (χ2v) is 7.04. The molecule has 0 unspecified atom stereocenters. The van der Waals surface area contributed by atoms with Crippen LogP contribution in [-0.2, 0) is 5.75 Å². The van der Waals surface area contributed by atoms with Crippen LogP contribution in [0.2, 0.25) is 0 Å². The molecule has 0 aliphatic rings. The van der Waals surface area contributed by atoms with Crippen molar-refractivity contribution in [2.24, 2.45) is 0 Å². The van der Waals surface area contributed by atoms with Crippen molar-refractivity contribution >= 4 is 22.7 Å². The molecule has 0 saturated heterocycles. The third-order valence-electron chi connectivity index (χ3n) is 4.29. The lowest BCUT2D eigenvalue weighted by molar-refractivity contribution is 0.608. The summed E-state index contributed by atoms with van der Waals surface area (Å²) in [7, 11) is 0. The molecule has 0 N–H and O–H groups in total. The van der Waals surface area contributed by atoms with Crippen LogP contribution in [0.25, 0.3) is 16.6 Å². The minimum Gasteiger partial charge on any atom is -0.268 e. The van der Waals surface area contributed by atoms with Crippen molar-refractivity contribution in [1.82, 2.24) is 9.55 Å². The van der Waals surface area contributed by atoms with E-state index in [0.717, 1.165) is 5.56 Å². The molecular formula is C22H14FN3OS. The molecule has 0 aliphatic carbocycles. The van der Waals surface area contributed by atoms with Crippen LogP contribution in [0.1, 0.15) is 11.1 Å². The van der Waals surface area contributed by atoms with Gasteiger partial charge >= 0.3 is 0 Å². The summed E-state index contributed by atoms with van der Waals surface area (Å²) in [6.45, 7) is 0. The van der Waals surface area contributed by atoms with Crippen molar-refractivity contribution in [3.05, 3.63) is 100 Å². The fraction of sp³-hybridized carbons (Fsp3) is 0.0455. The molecule has 1 heterocycles. The van der Waals surface area contributed by atoms with Gasteiger partial charge in [0.25, 0.3) is 5.56 Å². The molecule has 0 bridgehead atoms. The quantitative estimate of drug-likeness (QED) is 0.377. The number of hydrogen-bond acceptors (Lipinski definition) is 4. The van der Waals surface area contributed by atoms with Crippen LogP contribution in [0.4, 0.5) is 4.39 Å². The van der Waals surface area contributed by atoms with E-state index < -0.39 is 5.82 Å². The van der Waals surface area contributed by atoms with Crippen LogP contribution < -0.4 is 5.56 Å². The van der Waals surface area contributed by atoms with Crippen molar-refractivity contribution in [2.45, 2.75) is 10.9 Å². The molecule has 4 aromatic rings. The number of halogens is 1. The van der Waals surface area contributed by atoms with E-state index in [-0.39, 0.29) is 11.2 Å². The van der Waals surface area contributed by atoms with E-state index in [1.165, 1.54) is 22.4 Å². The Labute approximate surface area is 164 Å². The zero-order valence-electron chi connectivity index (χ0n) is 14.7. The Hall–Kier alpha value is -3.43. The van der Waals surface area contributed by atoms with Gasteiger partial charge in [-0.05, 0) is 42.0 Å². The van der Waals surface area contributed by atoms with Crippen LogP contribution >= 0.6 is 11.8 Å². The molecule has 4 nitrogen and oxygen atoms in total. The van der Waals surface area contributed by atoms with E-state index in [1.54, 1.807) is 48.5 Å². The van der Waals surface area contributed by atoms with E-state index in [9.17, 15) is 9.18 Å². The molecule has 0 radical (unpaired) electrons. The zero-order valence-corrected chi connectivity index (χ0v) is 15.5. The SMILES string of the molecule is N#Cc1ccc(CSc2nc3ccccc3c(=O)n2-c2ccccc2F)cc1. The lowest BCUT2D eigenvalue weighted by atomic mass is 10.2. The minimum absolute atomic E-state index is 0.174. The number of nitriles is 1. The number of para-hydroxylation sites is 2. The van der Waals surface area contributed by atoms with Crippen LogP contribution in [0, 0.1) is 17.1 Å². The molecule has 0 fully saturated rings. The minimum atomic E-state index is -0.484. The summed E-state index contributed by atoms with van der Waals surface area (Å²) in [4.78, 5) is 17.7. The first-order valence-electron chi connectivity index (χ1n) is 8.56. The predicted octanol–water partition coefficient (Wildman–Crippen LogP) is 4.69. The van der Waals surface area contributed by atoms with Crippen molar-refractivity contribution in [3.63, 3.8) is 0 Å². The molecular weight excluding hydrogens is 373 g/mol. The Balaban J connectivity index is 1.82. The smallest absolute Gasteiger partial charge is 0.266 e. The van der Waals surface area contributed by atoms with Gasteiger partial charge in [0.2, 0.25) is 0 Å². The van der Waals surface area contributed by atoms with Gasteiger partial charge in [-0.3, -0.25) is 9.36 Å². The second kappa shape index (κ2) is 7.67. The molecule has 136 valence electrons. The Morgan fingerprint density at radius 1 is 1.00 bits per heavy atom. The van der Waals surface area contributed by atoms with Gasteiger partial charge in [0, 0.05) is 5.75 Å². The first-order valence-corrected chi connectivity index (χ1v) is 9.54. The maximum absolute atomic E-state index is 14.5.